The van der Waals surface area contributed by atoms with E-state index in [2.05, 4.69) is 31.9 Å². The van der Waals surface area contributed by atoms with E-state index in [9.17, 15) is 4.79 Å². The van der Waals surface area contributed by atoms with Gasteiger partial charge in [0.25, 0.3) is 0 Å². The summed E-state index contributed by atoms with van der Waals surface area (Å²) in [4.78, 5) is 28.7. The molecule has 3 aromatic rings. The average molecular weight is 407 g/mol. The number of benzene rings is 1. The maximum Gasteiger partial charge on any atom is 0.240 e. The van der Waals surface area contributed by atoms with Crippen LogP contribution in [0.25, 0.3) is 15.8 Å². The standard InChI is InChI=1S/C21H21N5O2S/c27-12-11-25-9-5-15(6-10-25)19-20(23-8-7-22-19)28-16-13-26(14-16)21-24-17-3-1-2-4-18(17)29-21/h1-5,7-8,12,16H,6,9-11,13-14H2. The molecule has 0 saturated carbocycles. The first-order valence-corrected chi connectivity index (χ1v) is 10.6. The molecule has 8 heteroatoms. The van der Waals surface area contributed by atoms with Gasteiger partial charge in [-0.1, -0.05) is 29.5 Å². The molecular formula is C21H21N5O2S. The van der Waals surface area contributed by atoms with Gasteiger partial charge in [-0.15, -0.1) is 0 Å². The van der Waals surface area contributed by atoms with Gasteiger partial charge in [-0.05, 0) is 24.1 Å². The summed E-state index contributed by atoms with van der Waals surface area (Å²) in [7, 11) is 0. The van der Waals surface area contributed by atoms with Crippen LogP contribution < -0.4 is 9.64 Å². The Balaban J connectivity index is 1.25. The van der Waals surface area contributed by atoms with Crippen molar-refractivity contribution in [3.63, 3.8) is 0 Å². The first kappa shape index (κ1) is 18.2. The molecular weight excluding hydrogens is 386 g/mol. The van der Waals surface area contributed by atoms with Crippen LogP contribution in [-0.4, -0.2) is 65.0 Å². The third-order valence-corrected chi connectivity index (χ3v) is 6.37. The lowest BCUT2D eigenvalue weighted by molar-refractivity contribution is -0.108. The Morgan fingerprint density at radius 2 is 2.07 bits per heavy atom. The molecule has 1 saturated heterocycles. The Kier molecular flexibility index (Phi) is 4.95. The number of rotatable bonds is 6. The van der Waals surface area contributed by atoms with E-state index in [0.29, 0.717) is 12.4 Å². The highest BCUT2D eigenvalue weighted by molar-refractivity contribution is 7.22. The number of carbonyl (C=O) groups excluding carboxylic acids is 1. The van der Waals surface area contributed by atoms with Crippen LogP contribution in [0.5, 0.6) is 5.88 Å². The minimum atomic E-state index is 0.0771. The third-order valence-electron chi connectivity index (χ3n) is 5.27. The van der Waals surface area contributed by atoms with Gasteiger partial charge in [0, 0.05) is 25.5 Å². The largest absolute Gasteiger partial charge is 0.469 e. The fourth-order valence-corrected chi connectivity index (χ4v) is 4.64. The number of thiazole rings is 1. The lowest BCUT2D eigenvalue weighted by Gasteiger charge is -2.38. The molecule has 0 atom stereocenters. The van der Waals surface area contributed by atoms with Gasteiger partial charge in [0.15, 0.2) is 5.13 Å². The number of fused-ring (bicyclic) bond motifs is 1. The van der Waals surface area contributed by atoms with Gasteiger partial charge in [-0.3, -0.25) is 4.90 Å². The number of para-hydroxylation sites is 1. The van der Waals surface area contributed by atoms with E-state index in [4.69, 9.17) is 9.72 Å². The van der Waals surface area contributed by atoms with E-state index in [1.165, 1.54) is 4.70 Å². The zero-order valence-corrected chi connectivity index (χ0v) is 16.7. The van der Waals surface area contributed by atoms with Crippen LogP contribution in [0.1, 0.15) is 12.1 Å². The molecule has 0 bridgehead atoms. The molecule has 29 heavy (non-hydrogen) atoms. The average Bonchev–Trinajstić information content (AvgIpc) is 3.15. The summed E-state index contributed by atoms with van der Waals surface area (Å²) >= 11 is 1.71. The van der Waals surface area contributed by atoms with Crippen molar-refractivity contribution in [1.82, 2.24) is 19.9 Å². The van der Waals surface area contributed by atoms with E-state index >= 15 is 0 Å². The molecule has 0 unspecified atom stereocenters. The van der Waals surface area contributed by atoms with Crippen molar-refractivity contribution in [2.75, 3.05) is 37.6 Å². The molecule has 2 aliphatic heterocycles. The number of anilines is 1. The van der Waals surface area contributed by atoms with Crippen LogP contribution in [0, 0.1) is 0 Å². The third kappa shape index (κ3) is 3.73. The Bertz CT molecular complexity index is 1030. The molecule has 4 heterocycles. The molecule has 7 nitrogen and oxygen atoms in total. The molecule has 1 fully saturated rings. The topological polar surface area (TPSA) is 71.5 Å². The van der Waals surface area contributed by atoms with Crippen LogP contribution in [0.3, 0.4) is 0 Å². The summed E-state index contributed by atoms with van der Waals surface area (Å²) in [5.74, 6) is 0.594. The van der Waals surface area contributed by atoms with E-state index in [-0.39, 0.29) is 6.10 Å². The van der Waals surface area contributed by atoms with Crippen LogP contribution in [0.15, 0.2) is 42.7 Å². The van der Waals surface area contributed by atoms with E-state index < -0.39 is 0 Å². The zero-order chi connectivity index (χ0) is 19.6. The zero-order valence-electron chi connectivity index (χ0n) is 15.9. The predicted octanol–water partition coefficient (Wildman–Crippen LogP) is 2.64. The maximum atomic E-state index is 10.7. The number of hydrogen-bond acceptors (Lipinski definition) is 8. The highest BCUT2D eigenvalue weighted by Crippen LogP contribution is 2.33. The molecule has 0 amide bonds. The van der Waals surface area contributed by atoms with Crippen molar-refractivity contribution in [3.05, 3.63) is 48.4 Å². The quantitative estimate of drug-likeness (QED) is 0.582. The van der Waals surface area contributed by atoms with Crippen LogP contribution >= 0.6 is 11.3 Å². The Morgan fingerprint density at radius 1 is 1.21 bits per heavy atom. The molecule has 0 aliphatic carbocycles. The smallest absolute Gasteiger partial charge is 0.240 e. The van der Waals surface area contributed by atoms with Gasteiger partial charge in [0.2, 0.25) is 5.88 Å². The van der Waals surface area contributed by atoms with Crippen molar-refractivity contribution in [1.29, 1.82) is 0 Å². The molecule has 2 aromatic heterocycles. The predicted molar refractivity (Wildman–Crippen MR) is 113 cm³/mol. The van der Waals surface area contributed by atoms with E-state index in [1.807, 2.05) is 18.2 Å². The second-order valence-electron chi connectivity index (χ2n) is 7.22. The molecule has 2 aliphatic rings. The summed E-state index contributed by atoms with van der Waals surface area (Å²) in [6.07, 6.45) is 7.36. The van der Waals surface area contributed by atoms with Crippen molar-refractivity contribution >= 4 is 38.5 Å². The first-order chi connectivity index (χ1) is 14.3. The Morgan fingerprint density at radius 3 is 2.86 bits per heavy atom. The summed E-state index contributed by atoms with van der Waals surface area (Å²) in [6, 6.07) is 8.20. The van der Waals surface area contributed by atoms with Gasteiger partial charge in [0.05, 0.1) is 29.9 Å². The second kappa shape index (κ2) is 7.88. The number of hydrogen-bond donors (Lipinski definition) is 0. The minimum absolute atomic E-state index is 0.0771. The van der Waals surface area contributed by atoms with Crippen LogP contribution in [0.2, 0.25) is 0 Å². The Hall–Kier alpha value is -2.84. The van der Waals surface area contributed by atoms with Gasteiger partial charge >= 0.3 is 0 Å². The van der Waals surface area contributed by atoms with Crippen molar-refractivity contribution in [2.24, 2.45) is 0 Å². The van der Waals surface area contributed by atoms with Crippen LogP contribution in [-0.2, 0) is 4.79 Å². The van der Waals surface area contributed by atoms with Crippen LogP contribution in [0.4, 0.5) is 5.13 Å². The normalized spacial score (nSPS) is 17.8. The number of aromatic nitrogens is 3. The molecule has 0 spiro atoms. The molecule has 1 aromatic carbocycles. The molecule has 148 valence electrons. The number of ether oxygens (including phenoxy) is 1. The van der Waals surface area contributed by atoms with Crippen molar-refractivity contribution in [3.8, 4) is 5.88 Å². The summed E-state index contributed by atoms with van der Waals surface area (Å²) in [5.41, 5.74) is 3.00. The van der Waals surface area contributed by atoms with Crippen molar-refractivity contribution < 1.29 is 9.53 Å². The summed E-state index contributed by atoms with van der Waals surface area (Å²) in [6.45, 7) is 3.65. The van der Waals surface area contributed by atoms with Gasteiger partial charge < -0.3 is 14.4 Å². The SMILES string of the molecule is O=CCN1CC=C(c2nccnc2OC2CN(c3nc4ccccc4s3)C2)CC1. The van der Waals surface area contributed by atoms with Gasteiger partial charge in [-0.25, -0.2) is 15.0 Å². The highest BCUT2D eigenvalue weighted by atomic mass is 32.1. The first-order valence-electron chi connectivity index (χ1n) is 9.74. The summed E-state index contributed by atoms with van der Waals surface area (Å²) < 4.78 is 7.39. The number of carbonyl (C=O) groups is 1. The number of nitrogens with zero attached hydrogens (tertiary/aromatic N) is 5. The molecule has 5 rings (SSSR count). The maximum absolute atomic E-state index is 10.7. The second-order valence-corrected chi connectivity index (χ2v) is 8.23. The van der Waals surface area contributed by atoms with E-state index in [1.54, 1.807) is 23.7 Å². The van der Waals surface area contributed by atoms with Gasteiger partial charge in [-0.2, -0.15) is 0 Å². The van der Waals surface area contributed by atoms with E-state index in [0.717, 1.165) is 60.8 Å². The lowest BCUT2D eigenvalue weighted by atomic mass is 10.0. The lowest BCUT2D eigenvalue weighted by Crippen LogP contribution is -2.54. The number of aldehydes is 1. The monoisotopic (exact) mass is 407 g/mol. The summed E-state index contributed by atoms with van der Waals surface area (Å²) in [5, 5.41) is 1.04. The minimum Gasteiger partial charge on any atom is -0.469 e. The van der Waals surface area contributed by atoms with Crippen molar-refractivity contribution in [2.45, 2.75) is 12.5 Å². The fraction of sp³-hybridized carbons (Fsp3) is 0.333. The molecule has 0 N–H and O–H groups in total. The van der Waals surface area contributed by atoms with Gasteiger partial charge in [0.1, 0.15) is 18.1 Å². The molecule has 0 radical (unpaired) electrons. The fourth-order valence-electron chi connectivity index (χ4n) is 3.65. The highest BCUT2D eigenvalue weighted by Gasteiger charge is 2.32. The Labute approximate surface area is 172 Å².